The molecule has 0 amide bonds. The third-order valence-electron chi connectivity index (χ3n) is 3.55. The number of nitro groups is 1. The van der Waals surface area contributed by atoms with Crippen LogP contribution in [0.25, 0.3) is 0 Å². The van der Waals surface area contributed by atoms with Crippen molar-refractivity contribution in [2.24, 2.45) is 0 Å². The Morgan fingerprint density at radius 3 is 2.64 bits per heavy atom. The molecule has 1 heterocycles. The van der Waals surface area contributed by atoms with E-state index in [1.807, 2.05) is 12.1 Å². The summed E-state index contributed by atoms with van der Waals surface area (Å²) in [6, 6.07) is 10.7. The summed E-state index contributed by atoms with van der Waals surface area (Å²) in [6.45, 7) is 0.318. The van der Waals surface area contributed by atoms with E-state index in [-0.39, 0.29) is 9.92 Å². The van der Waals surface area contributed by atoms with Gasteiger partial charge in [0.25, 0.3) is 15.7 Å². The van der Waals surface area contributed by atoms with Crippen molar-refractivity contribution in [3.63, 3.8) is 0 Å². The van der Waals surface area contributed by atoms with Crippen LogP contribution in [0.4, 0.5) is 11.4 Å². The summed E-state index contributed by atoms with van der Waals surface area (Å²) >= 11 is 5.73. The minimum absolute atomic E-state index is 0.0919. The van der Waals surface area contributed by atoms with Crippen molar-refractivity contribution in [2.75, 3.05) is 10.8 Å². The smallest absolute Gasteiger partial charge is 0.266 e. The molecule has 3 rings (SSSR count). The van der Waals surface area contributed by atoms with Gasteiger partial charge in [0.2, 0.25) is 0 Å². The average molecular weight is 339 g/mol. The number of para-hydroxylation sites is 1. The largest absolute Gasteiger partial charge is 0.289 e. The van der Waals surface area contributed by atoms with Gasteiger partial charge in [-0.25, -0.2) is 8.42 Å². The second kappa shape index (κ2) is 5.26. The number of anilines is 1. The Kier molecular flexibility index (Phi) is 3.54. The van der Waals surface area contributed by atoms with Gasteiger partial charge in [-0.15, -0.1) is 0 Å². The van der Waals surface area contributed by atoms with E-state index < -0.39 is 20.6 Å². The fourth-order valence-corrected chi connectivity index (χ4v) is 4.19. The first kappa shape index (κ1) is 14.8. The van der Waals surface area contributed by atoms with Gasteiger partial charge in [0.1, 0.15) is 5.02 Å². The summed E-state index contributed by atoms with van der Waals surface area (Å²) in [5.74, 6) is 0. The average Bonchev–Trinajstić information content (AvgIpc) is 2.91. The molecule has 1 aliphatic heterocycles. The lowest BCUT2D eigenvalue weighted by atomic mass is 10.2. The van der Waals surface area contributed by atoms with Gasteiger partial charge in [0.05, 0.1) is 15.5 Å². The van der Waals surface area contributed by atoms with Gasteiger partial charge in [-0.3, -0.25) is 14.4 Å². The highest BCUT2D eigenvalue weighted by atomic mass is 35.5. The molecule has 0 saturated heterocycles. The maximum absolute atomic E-state index is 12.7. The molecule has 0 saturated carbocycles. The Morgan fingerprint density at radius 2 is 1.91 bits per heavy atom. The molecule has 1 aliphatic rings. The molecule has 0 unspecified atom stereocenters. The highest BCUT2D eigenvalue weighted by Gasteiger charge is 2.31. The lowest BCUT2D eigenvalue weighted by Gasteiger charge is -2.19. The molecule has 0 N–H and O–H groups in total. The van der Waals surface area contributed by atoms with Gasteiger partial charge < -0.3 is 0 Å². The number of hydrogen-bond donors (Lipinski definition) is 0. The van der Waals surface area contributed by atoms with Crippen LogP contribution in [-0.2, 0) is 16.4 Å². The zero-order valence-electron chi connectivity index (χ0n) is 11.3. The Balaban J connectivity index is 2.09. The van der Waals surface area contributed by atoms with E-state index in [0.717, 1.165) is 11.6 Å². The maximum atomic E-state index is 12.7. The molecular weight excluding hydrogens is 328 g/mol. The van der Waals surface area contributed by atoms with Crippen LogP contribution in [0.5, 0.6) is 0 Å². The molecule has 2 aromatic rings. The van der Waals surface area contributed by atoms with Crippen molar-refractivity contribution in [1.82, 2.24) is 0 Å². The number of fused-ring (bicyclic) bond motifs is 1. The van der Waals surface area contributed by atoms with E-state index >= 15 is 0 Å². The zero-order chi connectivity index (χ0) is 15.9. The Labute approximate surface area is 132 Å². The van der Waals surface area contributed by atoms with E-state index in [1.54, 1.807) is 12.1 Å². The van der Waals surface area contributed by atoms with Gasteiger partial charge in [-0.1, -0.05) is 29.8 Å². The van der Waals surface area contributed by atoms with Crippen molar-refractivity contribution in [2.45, 2.75) is 11.3 Å². The number of sulfonamides is 1. The van der Waals surface area contributed by atoms with Crippen LogP contribution in [0, 0.1) is 10.1 Å². The van der Waals surface area contributed by atoms with E-state index in [4.69, 9.17) is 11.6 Å². The van der Waals surface area contributed by atoms with E-state index in [2.05, 4.69) is 0 Å². The summed E-state index contributed by atoms with van der Waals surface area (Å²) < 4.78 is 26.8. The third kappa shape index (κ3) is 2.32. The lowest BCUT2D eigenvalue weighted by Crippen LogP contribution is -2.29. The summed E-state index contributed by atoms with van der Waals surface area (Å²) in [5.41, 5.74) is 1.13. The van der Waals surface area contributed by atoms with Gasteiger partial charge in [0.15, 0.2) is 0 Å². The molecule has 6 nitrogen and oxygen atoms in total. The standard InChI is InChI=1S/C14H11ClN2O4S/c15-12-6-5-11(9-14(12)17(18)19)22(20,21)16-8-7-10-3-1-2-4-13(10)16/h1-6,9H,7-8H2. The third-order valence-corrected chi connectivity index (χ3v) is 5.68. The van der Waals surface area contributed by atoms with Gasteiger partial charge in [0, 0.05) is 12.6 Å². The molecule has 0 aliphatic carbocycles. The zero-order valence-corrected chi connectivity index (χ0v) is 12.8. The molecule has 2 aromatic carbocycles. The van der Waals surface area contributed by atoms with Crippen molar-refractivity contribution in [3.05, 3.63) is 63.2 Å². The normalized spacial score (nSPS) is 14.0. The highest BCUT2D eigenvalue weighted by Crippen LogP contribution is 2.34. The van der Waals surface area contributed by atoms with Crippen molar-refractivity contribution in [1.29, 1.82) is 0 Å². The second-order valence-corrected chi connectivity index (χ2v) is 7.10. The van der Waals surface area contributed by atoms with Crippen LogP contribution in [0.2, 0.25) is 5.02 Å². The summed E-state index contributed by atoms with van der Waals surface area (Å²) in [7, 11) is -3.85. The first-order valence-electron chi connectivity index (χ1n) is 6.46. The van der Waals surface area contributed by atoms with E-state index in [9.17, 15) is 18.5 Å². The molecule has 0 bridgehead atoms. The fraction of sp³-hybridized carbons (Fsp3) is 0.143. The first-order chi connectivity index (χ1) is 10.4. The molecule has 22 heavy (non-hydrogen) atoms. The Hall–Kier alpha value is -2.12. The molecule has 8 heteroatoms. The van der Waals surface area contributed by atoms with Crippen molar-refractivity contribution < 1.29 is 13.3 Å². The predicted octanol–water partition coefficient (Wildman–Crippen LogP) is 3.00. The van der Waals surface area contributed by atoms with Crippen molar-refractivity contribution in [3.8, 4) is 0 Å². The summed E-state index contributed by atoms with van der Waals surface area (Å²) in [5, 5.41) is 10.8. The molecular formula is C14H11ClN2O4S. The summed E-state index contributed by atoms with van der Waals surface area (Å²) in [6.07, 6.45) is 0.616. The van der Waals surface area contributed by atoms with Crippen LogP contribution in [0.15, 0.2) is 47.4 Å². The first-order valence-corrected chi connectivity index (χ1v) is 8.27. The number of benzene rings is 2. The number of nitrogens with zero attached hydrogens (tertiary/aromatic N) is 2. The van der Waals surface area contributed by atoms with Gasteiger partial charge in [-0.05, 0) is 30.2 Å². The number of hydrogen-bond acceptors (Lipinski definition) is 4. The van der Waals surface area contributed by atoms with Crippen LogP contribution < -0.4 is 4.31 Å². The SMILES string of the molecule is O=[N+]([O-])c1cc(S(=O)(=O)N2CCc3ccccc32)ccc1Cl. The molecule has 114 valence electrons. The van der Waals surface area contributed by atoms with E-state index in [0.29, 0.717) is 18.7 Å². The van der Waals surface area contributed by atoms with Crippen LogP contribution in [0.3, 0.4) is 0 Å². The molecule has 0 atom stereocenters. The van der Waals surface area contributed by atoms with Gasteiger partial charge in [-0.2, -0.15) is 0 Å². The molecule has 0 spiro atoms. The molecule has 0 aromatic heterocycles. The minimum Gasteiger partial charge on any atom is -0.266 e. The second-order valence-electron chi connectivity index (χ2n) is 4.83. The lowest BCUT2D eigenvalue weighted by molar-refractivity contribution is -0.384. The minimum atomic E-state index is -3.85. The van der Waals surface area contributed by atoms with Crippen LogP contribution in [-0.4, -0.2) is 19.9 Å². The fourth-order valence-electron chi connectivity index (χ4n) is 2.48. The highest BCUT2D eigenvalue weighted by molar-refractivity contribution is 7.92. The number of halogens is 1. The Bertz CT molecular complexity index is 867. The predicted molar refractivity (Wildman–Crippen MR) is 82.8 cm³/mol. The molecule has 0 radical (unpaired) electrons. The topological polar surface area (TPSA) is 80.5 Å². The van der Waals surface area contributed by atoms with Gasteiger partial charge >= 0.3 is 0 Å². The van der Waals surface area contributed by atoms with Crippen LogP contribution in [0.1, 0.15) is 5.56 Å². The molecule has 0 fully saturated rings. The number of nitro benzene ring substituents is 1. The number of rotatable bonds is 3. The quantitative estimate of drug-likeness (QED) is 0.636. The van der Waals surface area contributed by atoms with E-state index in [1.165, 1.54) is 16.4 Å². The Morgan fingerprint density at radius 1 is 1.18 bits per heavy atom. The summed E-state index contributed by atoms with van der Waals surface area (Å²) in [4.78, 5) is 10.1. The van der Waals surface area contributed by atoms with Crippen molar-refractivity contribution >= 4 is 33.0 Å². The monoisotopic (exact) mass is 338 g/mol. The maximum Gasteiger partial charge on any atom is 0.289 e. The van der Waals surface area contributed by atoms with Crippen LogP contribution >= 0.6 is 11.6 Å².